The Labute approximate surface area is 177 Å². The molecule has 4 aromatic rings. The molecule has 2 aromatic heterocycles. The van der Waals surface area contributed by atoms with Gasteiger partial charge in [-0.3, -0.25) is 0 Å². The largest absolute Gasteiger partial charge is 0.337 e. The number of benzene rings is 2. The summed E-state index contributed by atoms with van der Waals surface area (Å²) < 4.78 is 5.53. The number of halogens is 1. The first-order valence-corrected chi connectivity index (χ1v) is 10.9. The minimum absolute atomic E-state index is 0.901. The molecule has 0 bridgehead atoms. The summed E-state index contributed by atoms with van der Waals surface area (Å²) in [5.41, 5.74) is 4.62. The van der Waals surface area contributed by atoms with E-state index in [9.17, 15) is 0 Å². The van der Waals surface area contributed by atoms with E-state index in [4.69, 9.17) is 4.99 Å². The SMILES string of the molecule is Cc1cccc(N=c2scc(-c3ccc(Br)cc3)n2CCCn2ccnc2)c1. The molecule has 0 aliphatic rings. The summed E-state index contributed by atoms with van der Waals surface area (Å²) in [5, 5.41) is 2.20. The molecule has 0 unspecified atom stereocenters. The summed E-state index contributed by atoms with van der Waals surface area (Å²) in [6.45, 7) is 3.93. The third-order valence-electron chi connectivity index (χ3n) is 4.52. The lowest BCUT2D eigenvalue weighted by Crippen LogP contribution is -2.17. The quantitative estimate of drug-likeness (QED) is 0.363. The number of nitrogens with zero attached hydrogens (tertiary/aromatic N) is 4. The number of rotatable bonds is 6. The predicted molar refractivity (Wildman–Crippen MR) is 119 cm³/mol. The molecule has 2 heterocycles. The molecule has 0 radical (unpaired) electrons. The van der Waals surface area contributed by atoms with E-state index in [1.165, 1.54) is 16.8 Å². The normalized spacial score (nSPS) is 11.9. The third kappa shape index (κ3) is 4.51. The second kappa shape index (κ2) is 8.71. The molecular formula is C22H21BrN4S. The molecule has 6 heteroatoms. The fourth-order valence-electron chi connectivity index (χ4n) is 3.12. The van der Waals surface area contributed by atoms with Crippen LogP contribution in [0, 0.1) is 6.92 Å². The molecule has 0 spiro atoms. The highest BCUT2D eigenvalue weighted by atomic mass is 79.9. The zero-order valence-corrected chi connectivity index (χ0v) is 18.0. The van der Waals surface area contributed by atoms with Gasteiger partial charge in [0.2, 0.25) is 0 Å². The smallest absolute Gasteiger partial charge is 0.190 e. The van der Waals surface area contributed by atoms with Gasteiger partial charge >= 0.3 is 0 Å². The van der Waals surface area contributed by atoms with Gasteiger partial charge in [-0.2, -0.15) is 0 Å². The highest BCUT2D eigenvalue weighted by Gasteiger charge is 2.08. The molecule has 142 valence electrons. The van der Waals surface area contributed by atoms with Gasteiger partial charge in [0.25, 0.3) is 0 Å². The van der Waals surface area contributed by atoms with E-state index in [0.29, 0.717) is 0 Å². The van der Waals surface area contributed by atoms with Crippen molar-refractivity contribution in [2.75, 3.05) is 0 Å². The van der Waals surface area contributed by atoms with Crippen molar-refractivity contribution < 1.29 is 0 Å². The highest BCUT2D eigenvalue weighted by molar-refractivity contribution is 9.10. The topological polar surface area (TPSA) is 35.1 Å². The van der Waals surface area contributed by atoms with Crippen molar-refractivity contribution in [1.29, 1.82) is 0 Å². The van der Waals surface area contributed by atoms with Crippen LogP contribution in [0.4, 0.5) is 5.69 Å². The highest BCUT2D eigenvalue weighted by Crippen LogP contribution is 2.23. The van der Waals surface area contributed by atoms with Crippen molar-refractivity contribution in [3.8, 4) is 11.3 Å². The number of thiazole rings is 1. The number of imidazole rings is 1. The standard InChI is InChI=1S/C22H21BrN4S/c1-17-4-2-5-20(14-17)25-22-27(12-3-11-26-13-10-24-16-26)21(15-28-22)18-6-8-19(23)9-7-18/h2,4-10,13-16H,3,11-12H2,1H3. The lowest BCUT2D eigenvalue weighted by atomic mass is 10.2. The van der Waals surface area contributed by atoms with Crippen molar-refractivity contribution in [1.82, 2.24) is 14.1 Å². The minimum Gasteiger partial charge on any atom is -0.337 e. The number of hydrogen-bond donors (Lipinski definition) is 0. The molecule has 4 nitrogen and oxygen atoms in total. The summed E-state index contributed by atoms with van der Waals surface area (Å²) >= 11 is 5.21. The third-order valence-corrected chi connectivity index (χ3v) is 5.91. The van der Waals surface area contributed by atoms with Crippen LogP contribution < -0.4 is 4.80 Å². The van der Waals surface area contributed by atoms with Crippen molar-refractivity contribution in [2.24, 2.45) is 4.99 Å². The van der Waals surface area contributed by atoms with E-state index in [-0.39, 0.29) is 0 Å². The van der Waals surface area contributed by atoms with Crippen LogP contribution in [0.3, 0.4) is 0 Å². The Hall–Kier alpha value is -2.44. The van der Waals surface area contributed by atoms with E-state index in [1.807, 2.05) is 18.7 Å². The Bertz CT molecular complexity index is 1110. The minimum atomic E-state index is 0.901. The molecule has 0 atom stereocenters. The Morgan fingerprint density at radius 1 is 1.11 bits per heavy atom. The molecule has 28 heavy (non-hydrogen) atoms. The van der Waals surface area contributed by atoms with E-state index in [2.05, 4.69) is 90.9 Å². The summed E-state index contributed by atoms with van der Waals surface area (Å²) in [6.07, 6.45) is 6.71. The van der Waals surface area contributed by atoms with Crippen LogP contribution in [0.15, 0.2) is 82.1 Å². The van der Waals surface area contributed by atoms with Gasteiger partial charge in [0.15, 0.2) is 4.80 Å². The maximum absolute atomic E-state index is 4.93. The van der Waals surface area contributed by atoms with Crippen molar-refractivity contribution in [2.45, 2.75) is 26.4 Å². The van der Waals surface area contributed by atoms with Crippen LogP contribution in [0.2, 0.25) is 0 Å². The van der Waals surface area contributed by atoms with E-state index in [0.717, 1.165) is 34.5 Å². The molecule has 0 aliphatic heterocycles. The Morgan fingerprint density at radius 3 is 2.71 bits per heavy atom. The van der Waals surface area contributed by atoms with Gasteiger partial charge in [-0.05, 0) is 48.7 Å². The lowest BCUT2D eigenvalue weighted by molar-refractivity contribution is 0.559. The predicted octanol–water partition coefficient (Wildman–Crippen LogP) is 5.81. The molecule has 0 aliphatic carbocycles. The van der Waals surface area contributed by atoms with Crippen LogP contribution in [0.1, 0.15) is 12.0 Å². The summed E-state index contributed by atoms with van der Waals surface area (Å²) in [5.74, 6) is 0. The molecule has 2 aromatic carbocycles. The van der Waals surface area contributed by atoms with E-state index >= 15 is 0 Å². The van der Waals surface area contributed by atoms with Gasteiger partial charge in [0, 0.05) is 35.3 Å². The van der Waals surface area contributed by atoms with E-state index in [1.54, 1.807) is 11.3 Å². The van der Waals surface area contributed by atoms with Crippen LogP contribution in [-0.4, -0.2) is 14.1 Å². The Morgan fingerprint density at radius 2 is 1.96 bits per heavy atom. The van der Waals surface area contributed by atoms with Crippen LogP contribution >= 0.6 is 27.3 Å². The van der Waals surface area contributed by atoms with Crippen LogP contribution in [-0.2, 0) is 13.1 Å². The van der Waals surface area contributed by atoms with Crippen molar-refractivity contribution in [3.63, 3.8) is 0 Å². The summed E-state index contributed by atoms with van der Waals surface area (Å²) in [7, 11) is 0. The number of hydrogen-bond acceptors (Lipinski definition) is 3. The van der Waals surface area contributed by atoms with E-state index < -0.39 is 0 Å². The van der Waals surface area contributed by atoms with Crippen LogP contribution in [0.5, 0.6) is 0 Å². The lowest BCUT2D eigenvalue weighted by Gasteiger charge is -2.10. The molecule has 0 saturated heterocycles. The maximum Gasteiger partial charge on any atom is 0.190 e. The van der Waals surface area contributed by atoms with Gasteiger partial charge in [-0.25, -0.2) is 9.98 Å². The molecule has 0 N–H and O–H groups in total. The van der Waals surface area contributed by atoms with Crippen molar-refractivity contribution >= 4 is 33.0 Å². The molecule has 0 saturated carbocycles. The summed E-state index contributed by atoms with van der Waals surface area (Å²) in [6, 6.07) is 16.8. The van der Waals surface area contributed by atoms with Gasteiger partial charge in [0.1, 0.15) is 0 Å². The van der Waals surface area contributed by atoms with Gasteiger partial charge in [0.05, 0.1) is 17.7 Å². The molecular weight excluding hydrogens is 432 g/mol. The first-order valence-electron chi connectivity index (χ1n) is 9.20. The maximum atomic E-state index is 4.93. The average molecular weight is 453 g/mol. The first kappa shape index (κ1) is 18.9. The zero-order valence-electron chi connectivity index (χ0n) is 15.6. The fourth-order valence-corrected chi connectivity index (χ4v) is 4.34. The van der Waals surface area contributed by atoms with Gasteiger partial charge in [-0.15, -0.1) is 11.3 Å². The van der Waals surface area contributed by atoms with Gasteiger partial charge < -0.3 is 9.13 Å². The number of aryl methyl sites for hydroxylation is 2. The van der Waals surface area contributed by atoms with Crippen LogP contribution in [0.25, 0.3) is 11.3 Å². The fraction of sp³-hybridized carbons (Fsp3) is 0.182. The molecule has 4 rings (SSSR count). The average Bonchev–Trinajstić information content (AvgIpc) is 3.33. The first-order chi connectivity index (χ1) is 13.7. The monoisotopic (exact) mass is 452 g/mol. The summed E-state index contributed by atoms with van der Waals surface area (Å²) in [4.78, 5) is 10.1. The molecule has 0 amide bonds. The Kier molecular flexibility index (Phi) is 5.88. The Balaban J connectivity index is 1.69. The van der Waals surface area contributed by atoms with Crippen molar-refractivity contribution in [3.05, 3.63) is 87.5 Å². The number of aromatic nitrogens is 3. The molecule has 0 fully saturated rings. The van der Waals surface area contributed by atoms with Gasteiger partial charge in [-0.1, -0.05) is 40.2 Å². The second-order valence-electron chi connectivity index (χ2n) is 6.67. The zero-order chi connectivity index (χ0) is 19.3. The second-order valence-corrected chi connectivity index (χ2v) is 8.42.